The van der Waals surface area contributed by atoms with Crippen molar-refractivity contribution in [3.8, 4) is 5.75 Å². The molecule has 1 unspecified atom stereocenters. The predicted molar refractivity (Wildman–Crippen MR) is 120 cm³/mol. The Morgan fingerprint density at radius 1 is 1.12 bits per heavy atom. The van der Waals surface area contributed by atoms with Gasteiger partial charge >= 0.3 is 6.18 Å². The summed E-state index contributed by atoms with van der Waals surface area (Å²) < 4.78 is 48.1. The summed E-state index contributed by atoms with van der Waals surface area (Å²) in [5.74, 6) is -0.240. The summed E-state index contributed by atoms with van der Waals surface area (Å²) in [5.41, 5.74) is -1.15. The Balaban J connectivity index is 1.53. The maximum atomic E-state index is 14.2. The second-order valence-corrected chi connectivity index (χ2v) is 8.37. The molecule has 2 heterocycles. The van der Waals surface area contributed by atoms with E-state index in [9.17, 15) is 18.0 Å². The molecule has 4 nitrogen and oxygen atoms in total. The molecule has 0 bridgehead atoms. The van der Waals surface area contributed by atoms with Crippen LogP contribution in [0.15, 0.2) is 66.9 Å². The van der Waals surface area contributed by atoms with Crippen LogP contribution in [0.1, 0.15) is 22.4 Å². The zero-order valence-electron chi connectivity index (χ0n) is 17.0. The van der Waals surface area contributed by atoms with Crippen molar-refractivity contribution in [3.63, 3.8) is 0 Å². The Hall–Kier alpha value is -3.03. The quantitative estimate of drug-likeness (QED) is 0.437. The van der Waals surface area contributed by atoms with Crippen LogP contribution in [0.2, 0.25) is 10.0 Å². The van der Waals surface area contributed by atoms with Gasteiger partial charge in [0.1, 0.15) is 5.75 Å². The lowest BCUT2D eigenvalue weighted by Crippen LogP contribution is -2.46. The van der Waals surface area contributed by atoms with Crippen LogP contribution < -0.4 is 10.1 Å². The number of aromatic nitrogens is 1. The second kappa shape index (κ2) is 9.08. The van der Waals surface area contributed by atoms with Gasteiger partial charge in [0, 0.05) is 34.3 Å². The van der Waals surface area contributed by atoms with E-state index in [4.69, 9.17) is 27.9 Å². The zero-order valence-corrected chi connectivity index (χ0v) is 18.5. The van der Waals surface area contributed by atoms with Crippen molar-refractivity contribution in [2.24, 2.45) is 0 Å². The van der Waals surface area contributed by atoms with E-state index in [0.717, 1.165) is 0 Å². The van der Waals surface area contributed by atoms with Crippen LogP contribution in [-0.2, 0) is 23.4 Å². The molecule has 0 aliphatic carbocycles. The number of halogens is 5. The lowest BCUT2D eigenvalue weighted by Gasteiger charge is -2.31. The molecule has 4 rings (SSSR count). The van der Waals surface area contributed by atoms with Gasteiger partial charge in [-0.2, -0.15) is 13.2 Å². The fraction of sp³-hybridized carbons (Fsp3) is 0.167. The number of hydrogen-bond acceptors (Lipinski definition) is 3. The standard InChI is InChI=1S/C24H17Cl2F3N2O2/c25-18-10-17(11-19(26)12-18)23(24(27,28)29)13-16-9-15(4-6-21(16)33-23)5-7-22(32)31-14-20-3-1-2-8-30-20/h1-12H,13-14H2,(H,31,32). The van der Waals surface area contributed by atoms with Crippen LogP contribution in [-0.4, -0.2) is 17.1 Å². The first-order valence-electron chi connectivity index (χ1n) is 9.87. The highest BCUT2D eigenvalue weighted by Crippen LogP contribution is 2.51. The van der Waals surface area contributed by atoms with Gasteiger partial charge in [-0.05, 0) is 59.7 Å². The summed E-state index contributed by atoms with van der Waals surface area (Å²) in [4.78, 5) is 16.2. The number of alkyl halides is 3. The number of amides is 1. The average Bonchev–Trinajstić information content (AvgIpc) is 3.17. The number of carbonyl (C=O) groups excluding carboxylic acids is 1. The molecule has 1 aromatic heterocycles. The zero-order chi connectivity index (χ0) is 23.6. The van der Waals surface area contributed by atoms with Crippen LogP contribution in [0.3, 0.4) is 0 Å². The molecular formula is C24H17Cl2F3N2O2. The summed E-state index contributed by atoms with van der Waals surface area (Å²) >= 11 is 11.9. The van der Waals surface area contributed by atoms with Gasteiger partial charge in [-0.15, -0.1) is 0 Å². The number of pyridine rings is 1. The van der Waals surface area contributed by atoms with Crippen LogP contribution >= 0.6 is 23.2 Å². The Labute approximate surface area is 198 Å². The molecule has 2 aromatic carbocycles. The molecule has 9 heteroatoms. The largest absolute Gasteiger partial charge is 0.472 e. The molecule has 33 heavy (non-hydrogen) atoms. The van der Waals surface area contributed by atoms with Crippen molar-refractivity contribution < 1.29 is 22.7 Å². The smallest absolute Gasteiger partial charge is 0.432 e. The number of nitrogens with zero attached hydrogens (tertiary/aromatic N) is 1. The molecule has 0 fully saturated rings. The van der Waals surface area contributed by atoms with E-state index in [-0.39, 0.29) is 33.8 Å². The van der Waals surface area contributed by atoms with E-state index in [1.807, 2.05) is 6.07 Å². The number of benzene rings is 2. The van der Waals surface area contributed by atoms with Gasteiger partial charge in [0.05, 0.1) is 12.2 Å². The van der Waals surface area contributed by atoms with Gasteiger partial charge in [-0.1, -0.05) is 35.3 Å². The van der Waals surface area contributed by atoms with Gasteiger partial charge in [0.25, 0.3) is 0 Å². The third-order valence-electron chi connectivity index (χ3n) is 5.19. The highest BCUT2D eigenvalue weighted by Gasteiger charge is 2.61. The van der Waals surface area contributed by atoms with Gasteiger partial charge < -0.3 is 10.1 Å². The molecule has 170 valence electrons. The lowest BCUT2D eigenvalue weighted by molar-refractivity contribution is -0.248. The number of carbonyl (C=O) groups is 1. The van der Waals surface area contributed by atoms with Crippen molar-refractivity contribution in [1.29, 1.82) is 0 Å². The molecule has 1 amide bonds. The first kappa shape index (κ1) is 23.1. The summed E-state index contributed by atoms with van der Waals surface area (Å²) in [6.45, 7) is 0.262. The third-order valence-corrected chi connectivity index (χ3v) is 5.63. The highest BCUT2D eigenvalue weighted by molar-refractivity contribution is 6.34. The van der Waals surface area contributed by atoms with E-state index < -0.39 is 18.2 Å². The van der Waals surface area contributed by atoms with E-state index >= 15 is 0 Å². The minimum atomic E-state index is -4.72. The highest BCUT2D eigenvalue weighted by atomic mass is 35.5. The first-order valence-corrected chi connectivity index (χ1v) is 10.6. The monoisotopic (exact) mass is 492 g/mol. The molecule has 3 aromatic rings. The Morgan fingerprint density at radius 2 is 1.88 bits per heavy atom. The van der Waals surface area contributed by atoms with E-state index in [2.05, 4.69) is 10.3 Å². The van der Waals surface area contributed by atoms with Crippen LogP contribution in [0.25, 0.3) is 6.08 Å². The SMILES string of the molecule is O=C(C=Cc1ccc2c(c1)CC(c1cc(Cl)cc(Cl)c1)(C(F)(F)F)O2)NCc1ccccn1. The Bertz CT molecular complexity index is 1200. The first-order chi connectivity index (χ1) is 15.7. The summed E-state index contributed by atoms with van der Waals surface area (Å²) in [6, 6.07) is 13.8. The fourth-order valence-electron chi connectivity index (χ4n) is 3.61. The molecule has 1 aliphatic heterocycles. The van der Waals surface area contributed by atoms with E-state index in [0.29, 0.717) is 16.8 Å². The normalized spacial score (nSPS) is 17.6. The van der Waals surface area contributed by atoms with Gasteiger partial charge in [-0.3, -0.25) is 9.78 Å². The molecule has 0 saturated carbocycles. The lowest BCUT2D eigenvalue weighted by atomic mass is 9.88. The fourth-order valence-corrected chi connectivity index (χ4v) is 4.14. The predicted octanol–water partition coefficient (Wildman–Crippen LogP) is 6.11. The van der Waals surface area contributed by atoms with Crippen LogP contribution in [0.4, 0.5) is 13.2 Å². The number of ether oxygens (including phenoxy) is 1. The van der Waals surface area contributed by atoms with Gasteiger partial charge in [0.2, 0.25) is 11.5 Å². The van der Waals surface area contributed by atoms with Crippen LogP contribution in [0.5, 0.6) is 5.75 Å². The van der Waals surface area contributed by atoms with Gasteiger partial charge in [0.15, 0.2) is 0 Å². The van der Waals surface area contributed by atoms with Crippen molar-refractivity contribution in [1.82, 2.24) is 10.3 Å². The molecule has 0 radical (unpaired) electrons. The van der Waals surface area contributed by atoms with E-state index in [1.54, 1.807) is 30.5 Å². The van der Waals surface area contributed by atoms with Crippen molar-refractivity contribution in [2.45, 2.75) is 24.7 Å². The number of fused-ring (bicyclic) bond motifs is 1. The molecule has 0 saturated heterocycles. The van der Waals surface area contributed by atoms with Crippen molar-refractivity contribution >= 4 is 35.2 Å². The number of rotatable bonds is 5. The second-order valence-electron chi connectivity index (χ2n) is 7.50. The molecular weight excluding hydrogens is 476 g/mol. The summed E-state index contributed by atoms with van der Waals surface area (Å²) in [6.07, 6.45) is -0.703. The van der Waals surface area contributed by atoms with Crippen molar-refractivity contribution in [3.05, 3.63) is 99.3 Å². The third kappa shape index (κ3) is 4.99. The number of hydrogen-bond donors (Lipinski definition) is 1. The molecule has 1 N–H and O–H groups in total. The molecule has 1 atom stereocenters. The molecule has 1 aliphatic rings. The maximum Gasteiger partial charge on any atom is 0.432 e. The minimum absolute atomic E-state index is 0.0843. The maximum absolute atomic E-state index is 14.2. The Morgan fingerprint density at radius 3 is 2.55 bits per heavy atom. The average molecular weight is 493 g/mol. The van der Waals surface area contributed by atoms with Crippen LogP contribution in [0, 0.1) is 0 Å². The minimum Gasteiger partial charge on any atom is -0.472 e. The van der Waals surface area contributed by atoms with Gasteiger partial charge in [-0.25, -0.2) is 0 Å². The summed E-state index contributed by atoms with van der Waals surface area (Å²) in [5, 5.41) is 2.87. The Kier molecular flexibility index (Phi) is 6.36. The number of nitrogens with one attached hydrogen (secondary N) is 1. The van der Waals surface area contributed by atoms with Crippen molar-refractivity contribution in [2.75, 3.05) is 0 Å². The van der Waals surface area contributed by atoms with E-state index in [1.165, 1.54) is 36.4 Å². The topological polar surface area (TPSA) is 51.2 Å². The molecule has 0 spiro atoms. The summed E-state index contributed by atoms with van der Waals surface area (Å²) in [7, 11) is 0.